The van der Waals surface area contributed by atoms with Crippen molar-refractivity contribution >= 4 is 12.0 Å². The lowest BCUT2D eigenvalue weighted by Crippen LogP contribution is -2.21. The zero-order chi connectivity index (χ0) is 13.5. The maximum Gasteiger partial charge on any atom is 0.243 e. The van der Waals surface area contributed by atoms with Gasteiger partial charge in [0.25, 0.3) is 0 Å². The Balaban J connectivity index is 1.93. The normalized spacial score (nSPS) is 13.5. The first kappa shape index (κ1) is 13.5. The van der Waals surface area contributed by atoms with Crippen molar-refractivity contribution in [1.82, 2.24) is 5.32 Å². The van der Waals surface area contributed by atoms with Crippen LogP contribution in [-0.4, -0.2) is 25.7 Å². The summed E-state index contributed by atoms with van der Waals surface area (Å²) in [6.45, 7) is 3.97. The number of carbonyl (C=O) groups excluding carboxylic acids is 1. The van der Waals surface area contributed by atoms with E-state index < -0.39 is 0 Å². The molecule has 0 aromatic heterocycles. The summed E-state index contributed by atoms with van der Waals surface area (Å²) in [7, 11) is 0. The number of rotatable bonds is 5. The highest BCUT2D eigenvalue weighted by Gasteiger charge is 2.10. The van der Waals surface area contributed by atoms with Gasteiger partial charge in [-0.3, -0.25) is 4.79 Å². The third-order valence-electron chi connectivity index (χ3n) is 2.82. The molecule has 0 saturated carbocycles. The van der Waals surface area contributed by atoms with Crippen LogP contribution in [0, 0.1) is 0 Å². The average Bonchev–Trinajstić information content (AvgIpc) is 2.45. The first-order chi connectivity index (χ1) is 9.29. The van der Waals surface area contributed by atoms with Crippen LogP contribution in [0.25, 0.3) is 6.08 Å². The van der Waals surface area contributed by atoms with Gasteiger partial charge in [-0.05, 0) is 30.2 Å². The van der Waals surface area contributed by atoms with E-state index in [2.05, 4.69) is 12.2 Å². The van der Waals surface area contributed by atoms with Crippen molar-refractivity contribution < 1.29 is 14.3 Å². The summed E-state index contributed by atoms with van der Waals surface area (Å²) in [5, 5.41) is 2.83. The van der Waals surface area contributed by atoms with E-state index in [1.807, 2.05) is 18.2 Å². The molecular formula is C15H19NO3. The fraction of sp³-hybridized carbons (Fsp3) is 0.400. The monoisotopic (exact) mass is 261 g/mol. The van der Waals surface area contributed by atoms with E-state index >= 15 is 0 Å². The molecule has 0 aliphatic carbocycles. The van der Waals surface area contributed by atoms with Crippen LogP contribution in [0.3, 0.4) is 0 Å². The summed E-state index contributed by atoms with van der Waals surface area (Å²) in [4.78, 5) is 11.5. The van der Waals surface area contributed by atoms with Gasteiger partial charge in [-0.25, -0.2) is 0 Å². The molecule has 0 radical (unpaired) electrons. The van der Waals surface area contributed by atoms with Gasteiger partial charge >= 0.3 is 0 Å². The Labute approximate surface area is 113 Å². The maximum absolute atomic E-state index is 11.5. The second-order valence-electron chi connectivity index (χ2n) is 4.38. The molecule has 1 aliphatic rings. The van der Waals surface area contributed by atoms with E-state index in [1.165, 1.54) is 0 Å². The Morgan fingerprint density at radius 1 is 1.32 bits per heavy atom. The van der Waals surface area contributed by atoms with E-state index in [0.29, 0.717) is 13.2 Å². The summed E-state index contributed by atoms with van der Waals surface area (Å²) in [5.41, 5.74) is 0.926. The molecule has 0 bridgehead atoms. The van der Waals surface area contributed by atoms with E-state index in [1.54, 1.807) is 12.2 Å². The number of nitrogens with one attached hydrogen (secondary N) is 1. The summed E-state index contributed by atoms with van der Waals surface area (Å²) in [5.74, 6) is 1.43. The number of carbonyl (C=O) groups is 1. The first-order valence-electron chi connectivity index (χ1n) is 6.65. The standard InChI is InChI=1S/C15H19NO3/c1-2-3-8-16-15(17)7-5-12-4-6-13-14(11-12)19-10-9-18-13/h4-7,11H,2-3,8-10H2,1H3,(H,16,17)/b7-5+. The predicted molar refractivity (Wildman–Crippen MR) is 74.4 cm³/mol. The van der Waals surface area contributed by atoms with Crippen molar-refractivity contribution in [3.05, 3.63) is 29.8 Å². The fourth-order valence-electron chi connectivity index (χ4n) is 1.78. The minimum absolute atomic E-state index is 0.0664. The fourth-order valence-corrected chi connectivity index (χ4v) is 1.78. The molecule has 0 atom stereocenters. The van der Waals surface area contributed by atoms with Crippen molar-refractivity contribution in [1.29, 1.82) is 0 Å². The summed E-state index contributed by atoms with van der Waals surface area (Å²) >= 11 is 0. The molecule has 2 rings (SSSR count). The average molecular weight is 261 g/mol. The van der Waals surface area contributed by atoms with Crippen LogP contribution in [0.4, 0.5) is 0 Å². The molecule has 102 valence electrons. The summed E-state index contributed by atoms with van der Waals surface area (Å²) in [6, 6.07) is 5.65. The molecule has 1 heterocycles. The largest absolute Gasteiger partial charge is 0.486 e. The van der Waals surface area contributed by atoms with E-state index in [4.69, 9.17) is 9.47 Å². The molecule has 0 saturated heterocycles. The molecule has 4 heteroatoms. The summed E-state index contributed by atoms with van der Waals surface area (Å²) < 4.78 is 10.9. The first-order valence-corrected chi connectivity index (χ1v) is 6.65. The minimum Gasteiger partial charge on any atom is -0.486 e. The van der Waals surface area contributed by atoms with Gasteiger partial charge in [0.05, 0.1) is 0 Å². The maximum atomic E-state index is 11.5. The van der Waals surface area contributed by atoms with Gasteiger partial charge in [-0.15, -0.1) is 0 Å². The smallest absolute Gasteiger partial charge is 0.243 e. The highest BCUT2D eigenvalue weighted by molar-refractivity contribution is 5.91. The second-order valence-corrected chi connectivity index (χ2v) is 4.38. The third kappa shape index (κ3) is 4.02. The molecule has 1 aromatic rings. The number of unbranched alkanes of at least 4 members (excludes halogenated alkanes) is 1. The Hall–Kier alpha value is -1.97. The van der Waals surface area contributed by atoms with Crippen LogP contribution >= 0.6 is 0 Å². The SMILES string of the molecule is CCCCNC(=O)/C=C/c1ccc2c(c1)OCCO2. The van der Waals surface area contributed by atoms with E-state index in [0.717, 1.165) is 36.4 Å². The second kappa shape index (κ2) is 6.83. The van der Waals surface area contributed by atoms with Crippen LogP contribution < -0.4 is 14.8 Å². The van der Waals surface area contributed by atoms with Crippen LogP contribution in [-0.2, 0) is 4.79 Å². The van der Waals surface area contributed by atoms with Gasteiger partial charge in [0.15, 0.2) is 11.5 Å². The highest BCUT2D eigenvalue weighted by atomic mass is 16.6. The molecule has 0 spiro atoms. The topological polar surface area (TPSA) is 47.6 Å². The zero-order valence-corrected chi connectivity index (χ0v) is 11.1. The lowest BCUT2D eigenvalue weighted by atomic mass is 10.2. The van der Waals surface area contributed by atoms with Gasteiger partial charge < -0.3 is 14.8 Å². The molecule has 1 aromatic carbocycles. The van der Waals surface area contributed by atoms with Crippen molar-refractivity contribution in [3.63, 3.8) is 0 Å². The molecule has 4 nitrogen and oxygen atoms in total. The Morgan fingerprint density at radius 2 is 2.11 bits per heavy atom. The van der Waals surface area contributed by atoms with Crippen molar-refractivity contribution in [3.8, 4) is 11.5 Å². The number of hydrogen-bond acceptors (Lipinski definition) is 3. The number of benzene rings is 1. The van der Waals surface area contributed by atoms with E-state index in [9.17, 15) is 4.79 Å². The quantitative estimate of drug-likeness (QED) is 0.654. The highest BCUT2D eigenvalue weighted by Crippen LogP contribution is 2.30. The molecule has 1 aliphatic heterocycles. The summed E-state index contributed by atoms with van der Waals surface area (Å²) in [6.07, 6.45) is 5.40. The number of hydrogen-bond donors (Lipinski definition) is 1. The van der Waals surface area contributed by atoms with Gasteiger partial charge in [0.2, 0.25) is 5.91 Å². The van der Waals surface area contributed by atoms with Crippen LogP contribution in [0.15, 0.2) is 24.3 Å². The van der Waals surface area contributed by atoms with Crippen molar-refractivity contribution in [2.75, 3.05) is 19.8 Å². The third-order valence-corrected chi connectivity index (χ3v) is 2.82. The zero-order valence-electron chi connectivity index (χ0n) is 11.1. The van der Waals surface area contributed by atoms with Crippen molar-refractivity contribution in [2.45, 2.75) is 19.8 Å². The molecular weight excluding hydrogens is 242 g/mol. The lowest BCUT2D eigenvalue weighted by Gasteiger charge is -2.18. The number of ether oxygens (including phenoxy) is 2. The van der Waals surface area contributed by atoms with Gasteiger partial charge in [-0.2, -0.15) is 0 Å². The van der Waals surface area contributed by atoms with Crippen LogP contribution in [0.2, 0.25) is 0 Å². The van der Waals surface area contributed by atoms with Crippen molar-refractivity contribution in [2.24, 2.45) is 0 Å². The molecule has 0 fully saturated rings. The Kier molecular flexibility index (Phi) is 4.84. The number of fused-ring (bicyclic) bond motifs is 1. The molecule has 0 unspecified atom stereocenters. The van der Waals surface area contributed by atoms with Crippen LogP contribution in [0.1, 0.15) is 25.3 Å². The molecule has 1 N–H and O–H groups in total. The molecule has 1 amide bonds. The molecule has 19 heavy (non-hydrogen) atoms. The van der Waals surface area contributed by atoms with Gasteiger partial charge in [-0.1, -0.05) is 19.4 Å². The Bertz CT molecular complexity index is 468. The van der Waals surface area contributed by atoms with Gasteiger partial charge in [0.1, 0.15) is 13.2 Å². The predicted octanol–water partition coefficient (Wildman–Crippen LogP) is 2.39. The van der Waals surface area contributed by atoms with E-state index in [-0.39, 0.29) is 5.91 Å². The number of amides is 1. The Morgan fingerprint density at radius 3 is 2.89 bits per heavy atom. The van der Waals surface area contributed by atoms with Gasteiger partial charge in [0, 0.05) is 12.6 Å². The van der Waals surface area contributed by atoms with Crippen LogP contribution in [0.5, 0.6) is 11.5 Å². The minimum atomic E-state index is -0.0664. The lowest BCUT2D eigenvalue weighted by molar-refractivity contribution is -0.116.